The zero-order valence-corrected chi connectivity index (χ0v) is 20.4. The van der Waals surface area contributed by atoms with Crippen molar-refractivity contribution in [2.45, 2.75) is 79.6 Å². The van der Waals surface area contributed by atoms with E-state index in [1.54, 1.807) is 0 Å². The van der Waals surface area contributed by atoms with Crippen LogP contribution in [0.15, 0.2) is 35.5 Å². The molecule has 0 bridgehead atoms. The van der Waals surface area contributed by atoms with Gasteiger partial charge in [0, 0.05) is 11.3 Å². The van der Waals surface area contributed by atoms with E-state index in [0.29, 0.717) is 28.6 Å². The van der Waals surface area contributed by atoms with Crippen LogP contribution in [0.1, 0.15) is 79.6 Å². The summed E-state index contributed by atoms with van der Waals surface area (Å²) in [5.41, 5.74) is 1.93. The van der Waals surface area contributed by atoms with E-state index in [0.717, 1.165) is 31.3 Å². The monoisotopic (exact) mass is 431 g/mol. The molecular formula is C29H37NO2. The van der Waals surface area contributed by atoms with Gasteiger partial charge in [0.05, 0.1) is 5.57 Å². The number of nitriles is 1. The van der Waals surface area contributed by atoms with Crippen molar-refractivity contribution in [3.63, 3.8) is 0 Å². The average Bonchev–Trinajstić information content (AvgIpc) is 2.72. The van der Waals surface area contributed by atoms with Crippen molar-refractivity contribution in [1.82, 2.24) is 0 Å². The molecule has 0 radical (unpaired) electrons. The van der Waals surface area contributed by atoms with Crippen molar-refractivity contribution in [1.29, 1.82) is 5.26 Å². The Hall–Kier alpha value is -1.95. The van der Waals surface area contributed by atoms with Gasteiger partial charge in [-0.2, -0.15) is 5.26 Å². The SMILES string of the molecule is C=C1C(=O)C(C#N)=CC2(C)C3=CC(=O)C4C5CC(C)(C)CCC5(C)CCC4C3(C)CCC12. The van der Waals surface area contributed by atoms with Crippen LogP contribution in [0.4, 0.5) is 0 Å². The summed E-state index contributed by atoms with van der Waals surface area (Å²) in [6.45, 7) is 15.8. The number of hydrogen-bond acceptors (Lipinski definition) is 3. The molecule has 170 valence electrons. The summed E-state index contributed by atoms with van der Waals surface area (Å²) in [5.74, 6) is 0.980. The molecule has 3 saturated carbocycles. The summed E-state index contributed by atoms with van der Waals surface area (Å²) in [6, 6.07) is 2.11. The van der Waals surface area contributed by atoms with E-state index in [1.807, 2.05) is 12.2 Å². The number of ketones is 2. The summed E-state index contributed by atoms with van der Waals surface area (Å²) in [5, 5.41) is 9.62. The van der Waals surface area contributed by atoms with Crippen molar-refractivity contribution in [3.8, 4) is 6.07 Å². The molecule has 7 atom stereocenters. The van der Waals surface area contributed by atoms with E-state index in [9.17, 15) is 14.9 Å². The molecule has 0 heterocycles. The molecule has 0 N–H and O–H groups in total. The van der Waals surface area contributed by atoms with E-state index in [1.165, 1.54) is 19.3 Å². The topological polar surface area (TPSA) is 57.9 Å². The molecule has 0 aromatic carbocycles. The first kappa shape index (κ1) is 21.9. The fourth-order valence-electron chi connectivity index (χ4n) is 8.80. The van der Waals surface area contributed by atoms with Crippen LogP contribution in [0.2, 0.25) is 0 Å². The van der Waals surface area contributed by atoms with E-state index in [2.05, 4.69) is 47.3 Å². The molecular weight excluding hydrogens is 394 g/mol. The maximum Gasteiger partial charge on any atom is 0.198 e. The first-order chi connectivity index (χ1) is 14.9. The van der Waals surface area contributed by atoms with Crippen molar-refractivity contribution in [2.24, 2.45) is 45.3 Å². The van der Waals surface area contributed by atoms with Crippen LogP contribution in [0.25, 0.3) is 0 Å². The quantitative estimate of drug-likeness (QED) is 0.419. The number of Topliss-reactive ketones (excluding diaryl/α,β-unsaturated/α-hetero) is 1. The Morgan fingerprint density at radius 3 is 2.41 bits per heavy atom. The van der Waals surface area contributed by atoms with E-state index in [4.69, 9.17) is 0 Å². The van der Waals surface area contributed by atoms with Gasteiger partial charge in [-0.15, -0.1) is 0 Å². The molecule has 7 unspecified atom stereocenters. The minimum Gasteiger partial charge on any atom is -0.295 e. The zero-order valence-electron chi connectivity index (χ0n) is 20.4. The van der Waals surface area contributed by atoms with Crippen molar-refractivity contribution in [3.05, 3.63) is 35.5 Å². The molecule has 5 rings (SSSR count). The third-order valence-corrected chi connectivity index (χ3v) is 10.8. The molecule has 0 aromatic heterocycles. The molecule has 0 aliphatic heterocycles. The molecule has 0 aromatic rings. The van der Waals surface area contributed by atoms with Crippen LogP contribution in [0, 0.1) is 56.7 Å². The second-order valence-electron chi connectivity index (χ2n) is 13.1. The number of fused-ring (bicyclic) bond motifs is 7. The lowest BCUT2D eigenvalue weighted by atomic mass is 9.40. The highest BCUT2D eigenvalue weighted by Crippen LogP contribution is 2.69. The summed E-state index contributed by atoms with van der Waals surface area (Å²) < 4.78 is 0. The summed E-state index contributed by atoms with van der Waals surface area (Å²) in [4.78, 5) is 26.6. The first-order valence-electron chi connectivity index (χ1n) is 12.5. The van der Waals surface area contributed by atoms with Crippen molar-refractivity contribution < 1.29 is 9.59 Å². The average molecular weight is 432 g/mol. The van der Waals surface area contributed by atoms with Crippen LogP contribution in [0.3, 0.4) is 0 Å². The lowest BCUT2D eigenvalue weighted by Gasteiger charge is -2.63. The van der Waals surface area contributed by atoms with Gasteiger partial charge in [0.15, 0.2) is 11.6 Å². The smallest absolute Gasteiger partial charge is 0.198 e. The highest BCUT2D eigenvalue weighted by molar-refractivity contribution is 6.12. The highest BCUT2D eigenvalue weighted by Gasteiger charge is 2.63. The van der Waals surface area contributed by atoms with Gasteiger partial charge in [-0.25, -0.2) is 0 Å². The van der Waals surface area contributed by atoms with Gasteiger partial charge in [-0.1, -0.05) is 52.8 Å². The Morgan fingerprint density at radius 2 is 1.72 bits per heavy atom. The minimum atomic E-state index is -0.476. The molecule has 3 fully saturated rings. The normalized spacial score (nSPS) is 47.2. The zero-order chi connectivity index (χ0) is 23.3. The minimum absolute atomic E-state index is 0.0155. The second kappa shape index (κ2) is 6.55. The molecule has 32 heavy (non-hydrogen) atoms. The predicted molar refractivity (Wildman–Crippen MR) is 125 cm³/mol. The van der Waals surface area contributed by atoms with Gasteiger partial charge in [-0.05, 0) is 90.6 Å². The Bertz CT molecular complexity index is 1040. The lowest BCUT2D eigenvalue weighted by molar-refractivity contribution is -0.143. The number of rotatable bonds is 0. The van der Waals surface area contributed by atoms with Gasteiger partial charge in [0.2, 0.25) is 0 Å². The molecule has 5 aliphatic carbocycles. The third-order valence-electron chi connectivity index (χ3n) is 10.8. The number of allylic oxidation sites excluding steroid dienone is 5. The van der Waals surface area contributed by atoms with Gasteiger partial charge >= 0.3 is 0 Å². The van der Waals surface area contributed by atoms with Gasteiger partial charge < -0.3 is 0 Å². The maximum atomic E-state index is 13.9. The predicted octanol–water partition coefficient (Wildman–Crippen LogP) is 6.37. The van der Waals surface area contributed by atoms with E-state index < -0.39 is 5.41 Å². The molecule has 3 heteroatoms. The van der Waals surface area contributed by atoms with E-state index in [-0.39, 0.29) is 34.0 Å². The van der Waals surface area contributed by atoms with Crippen LogP contribution >= 0.6 is 0 Å². The highest BCUT2D eigenvalue weighted by atomic mass is 16.1. The second-order valence-corrected chi connectivity index (χ2v) is 13.1. The Morgan fingerprint density at radius 1 is 1.00 bits per heavy atom. The van der Waals surface area contributed by atoms with Gasteiger partial charge in [0.1, 0.15) is 6.07 Å². The molecule has 3 nitrogen and oxygen atoms in total. The Kier molecular flexibility index (Phi) is 4.48. The van der Waals surface area contributed by atoms with Crippen LogP contribution in [-0.2, 0) is 9.59 Å². The molecule has 5 aliphatic rings. The Labute approximate surface area is 193 Å². The van der Waals surface area contributed by atoms with Crippen molar-refractivity contribution in [2.75, 3.05) is 0 Å². The van der Waals surface area contributed by atoms with E-state index >= 15 is 0 Å². The standard InChI is InChI=1S/C29H37NO2/c1-17-19-8-10-28(5)20-7-9-27(4)12-11-26(2,3)15-21(27)24(20)22(31)13-23(28)29(19,6)14-18(16-30)25(17)32/h13-14,19-21,24H,1,7-12,15H2,2-6H3. The van der Waals surface area contributed by atoms with Gasteiger partial charge in [0.25, 0.3) is 0 Å². The fourth-order valence-corrected chi connectivity index (χ4v) is 8.80. The number of nitrogens with zero attached hydrogens (tertiary/aromatic N) is 1. The van der Waals surface area contributed by atoms with Crippen LogP contribution in [0.5, 0.6) is 0 Å². The largest absolute Gasteiger partial charge is 0.295 e. The lowest BCUT2D eigenvalue weighted by Crippen LogP contribution is -2.58. The van der Waals surface area contributed by atoms with Crippen LogP contribution < -0.4 is 0 Å². The van der Waals surface area contributed by atoms with Crippen molar-refractivity contribution >= 4 is 11.6 Å². The Balaban J connectivity index is 1.64. The number of carbonyl (C=O) groups excluding carboxylic acids is 2. The summed E-state index contributed by atoms with van der Waals surface area (Å²) >= 11 is 0. The summed E-state index contributed by atoms with van der Waals surface area (Å²) in [6.07, 6.45) is 11.7. The first-order valence-corrected chi connectivity index (χ1v) is 12.5. The maximum absolute atomic E-state index is 13.9. The van der Waals surface area contributed by atoms with Crippen LogP contribution in [-0.4, -0.2) is 11.6 Å². The van der Waals surface area contributed by atoms with Gasteiger partial charge in [-0.3, -0.25) is 9.59 Å². The summed E-state index contributed by atoms with van der Waals surface area (Å²) in [7, 11) is 0. The number of hydrogen-bond donors (Lipinski definition) is 0. The molecule has 0 spiro atoms. The molecule has 0 amide bonds. The molecule has 0 saturated heterocycles. The third kappa shape index (κ3) is 2.71. The fraction of sp³-hybridized carbons (Fsp3) is 0.690. The number of carbonyl (C=O) groups is 2.